The van der Waals surface area contributed by atoms with Gasteiger partial charge in [0.25, 0.3) is 5.91 Å². The van der Waals surface area contributed by atoms with Gasteiger partial charge in [0.05, 0.1) is 0 Å². The van der Waals surface area contributed by atoms with Crippen LogP contribution in [0.4, 0.5) is 5.69 Å². The number of hydrogen-bond donors (Lipinski definition) is 3. The van der Waals surface area contributed by atoms with Gasteiger partial charge in [-0.3, -0.25) is 9.78 Å². The summed E-state index contributed by atoms with van der Waals surface area (Å²) in [5.74, 6) is -1.68. The third-order valence-electron chi connectivity index (χ3n) is 2.27. The molecule has 0 bridgehead atoms. The van der Waals surface area contributed by atoms with Gasteiger partial charge >= 0.3 is 5.97 Å². The molecule has 17 heavy (non-hydrogen) atoms. The fourth-order valence-electron chi connectivity index (χ4n) is 1.35. The average molecular weight is 237 g/mol. The molecule has 1 aromatic rings. The summed E-state index contributed by atoms with van der Waals surface area (Å²) in [4.78, 5) is 25.7. The van der Waals surface area contributed by atoms with Crippen LogP contribution in [-0.2, 0) is 4.79 Å². The van der Waals surface area contributed by atoms with Gasteiger partial charge in [0.1, 0.15) is 11.7 Å². The van der Waals surface area contributed by atoms with Gasteiger partial charge in [0.2, 0.25) is 0 Å². The first-order chi connectivity index (χ1) is 7.91. The number of nitrogens with two attached hydrogens (primary N) is 1. The second-order valence-electron chi connectivity index (χ2n) is 4.00. The molecular weight excluding hydrogens is 222 g/mol. The molecule has 0 aromatic carbocycles. The Bertz CT molecular complexity index is 432. The third-order valence-corrected chi connectivity index (χ3v) is 2.27. The van der Waals surface area contributed by atoms with Crippen LogP contribution >= 0.6 is 0 Å². The number of hydrogen-bond acceptors (Lipinski definition) is 4. The lowest BCUT2D eigenvalue weighted by molar-refractivity contribution is -0.138. The predicted octanol–water partition coefficient (Wildman–Crippen LogP) is 0.702. The number of nitrogens with one attached hydrogen (secondary N) is 1. The maximum Gasteiger partial charge on any atom is 0.326 e. The van der Waals surface area contributed by atoms with Gasteiger partial charge in [-0.05, 0) is 18.1 Å². The molecule has 92 valence electrons. The van der Waals surface area contributed by atoms with E-state index in [2.05, 4.69) is 10.3 Å². The van der Waals surface area contributed by atoms with Crippen LogP contribution in [0, 0.1) is 5.92 Å². The number of primary amides is 1. The van der Waals surface area contributed by atoms with Crippen molar-refractivity contribution in [2.45, 2.75) is 19.9 Å². The summed E-state index contributed by atoms with van der Waals surface area (Å²) in [7, 11) is 0. The maximum atomic E-state index is 11.0. The van der Waals surface area contributed by atoms with Gasteiger partial charge in [0.15, 0.2) is 0 Å². The second kappa shape index (κ2) is 5.29. The first kappa shape index (κ1) is 13.0. The Hall–Kier alpha value is -2.11. The fourth-order valence-corrected chi connectivity index (χ4v) is 1.35. The van der Waals surface area contributed by atoms with E-state index >= 15 is 0 Å². The molecular formula is C11H15N3O3. The van der Waals surface area contributed by atoms with Gasteiger partial charge in [-0.25, -0.2) is 4.79 Å². The van der Waals surface area contributed by atoms with Crippen molar-refractivity contribution < 1.29 is 14.7 Å². The number of anilines is 1. The lowest BCUT2D eigenvalue weighted by Gasteiger charge is -2.19. The molecule has 6 heteroatoms. The van der Waals surface area contributed by atoms with Gasteiger partial charge in [0, 0.05) is 11.9 Å². The summed E-state index contributed by atoms with van der Waals surface area (Å²) in [5, 5.41) is 11.8. The molecule has 0 unspecified atom stereocenters. The Morgan fingerprint density at radius 3 is 2.59 bits per heavy atom. The highest BCUT2D eigenvalue weighted by molar-refractivity contribution is 5.91. The molecule has 1 rings (SSSR count). The lowest BCUT2D eigenvalue weighted by Crippen LogP contribution is -2.34. The second-order valence-corrected chi connectivity index (χ2v) is 4.00. The minimum absolute atomic E-state index is 0.0855. The Balaban J connectivity index is 2.90. The highest BCUT2D eigenvalue weighted by Gasteiger charge is 2.21. The van der Waals surface area contributed by atoms with Gasteiger partial charge < -0.3 is 16.2 Å². The van der Waals surface area contributed by atoms with Crippen LogP contribution in [0.2, 0.25) is 0 Å². The van der Waals surface area contributed by atoms with Gasteiger partial charge in [-0.15, -0.1) is 0 Å². The van der Waals surface area contributed by atoms with Crippen LogP contribution in [-0.4, -0.2) is 28.0 Å². The fraction of sp³-hybridized carbons (Fsp3) is 0.364. The monoisotopic (exact) mass is 237 g/mol. The van der Waals surface area contributed by atoms with E-state index in [0.29, 0.717) is 5.69 Å². The number of aliphatic carboxylic acids is 1. The Morgan fingerprint density at radius 2 is 2.12 bits per heavy atom. The van der Waals surface area contributed by atoms with Crippen molar-refractivity contribution in [2.75, 3.05) is 5.32 Å². The first-order valence-corrected chi connectivity index (χ1v) is 5.17. The molecule has 0 fully saturated rings. The molecule has 4 N–H and O–H groups in total. The van der Waals surface area contributed by atoms with E-state index in [0.717, 1.165) is 0 Å². The number of rotatable bonds is 5. The van der Waals surface area contributed by atoms with Crippen LogP contribution in [0.3, 0.4) is 0 Å². The maximum absolute atomic E-state index is 11.0. The van der Waals surface area contributed by atoms with Crippen LogP contribution in [0.1, 0.15) is 24.3 Å². The van der Waals surface area contributed by atoms with E-state index in [-0.39, 0.29) is 11.6 Å². The van der Waals surface area contributed by atoms with Crippen LogP contribution < -0.4 is 11.1 Å². The van der Waals surface area contributed by atoms with Crippen molar-refractivity contribution in [3.05, 3.63) is 24.0 Å². The van der Waals surface area contributed by atoms with Gasteiger partial charge in [-0.2, -0.15) is 0 Å². The van der Waals surface area contributed by atoms with E-state index < -0.39 is 17.9 Å². The number of amides is 1. The number of carboxylic acid groups (broad SMARTS) is 1. The minimum atomic E-state index is -0.947. The standard InChI is InChI=1S/C11H15N3O3/c1-6(2)9(11(16)17)14-7-3-4-13-8(5-7)10(12)15/h3-6,9H,1-2H3,(H2,12,15)(H,13,14)(H,16,17)/t9-/m1/s1. The summed E-state index contributed by atoms with van der Waals surface area (Å²) in [6.45, 7) is 3.59. The molecule has 0 aliphatic heterocycles. The molecule has 1 heterocycles. The van der Waals surface area contributed by atoms with Crippen molar-refractivity contribution in [1.82, 2.24) is 4.98 Å². The molecule has 1 aromatic heterocycles. The Kier molecular flexibility index (Phi) is 4.03. The molecule has 0 radical (unpaired) electrons. The molecule has 1 atom stereocenters. The minimum Gasteiger partial charge on any atom is -0.480 e. The van der Waals surface area contributed by atoms with Crippen molar-refractivity contribution >= 4 is 17.6 Å². The predicted molar refractivity (Wildman–Crippen MR) is 62.6 cm³/mol. The van der Waals surface area contributed by atoms with Crippen LogP contribution in [0.25, 0.3) is 0 Å². The van der Waals surface area contributed by atoms with E-state index in [9.17, 15) is 9.59 Å². The number of carboxylic acids is 1. The molecule has 0 saturated carbocycles. The number of aromatic nitrogens is 1. The van der Waals surface area contributed by atoms with E-state index in [1.165, 1.54) is 12.3 Å². The largest absolute Gasteiger partial charge is 0.480 e. The summed E-state index contributed by atoms with van der Waals surface area (Å²) < 4.78 is 0. The van der Waals surface area contributed by atoms with Crippen molar-refractivity contribution in [2.24, 2.45) is 11.7 Å². The molecule has 0 aliphatic rings. The SMILES string of the molecule is CC(C)[C@@H](Nc1ccnc(C(N)=O)c1)C(=O)O. The quantitative estimate of drug-likeness (QED) is 0.699. The molecule has 6 nitrogen and oxygen atoms in total. The number of carbonyl (C=O) groups excluding carboxylic acids is 1. The molecule has 0 saturated heterocycles. The van der Waals surface area contributed by atoms with Crippen molar-refractivity contribution in [1.29, 1.82) is 0 Å². The lowest BCUT2D eigenvalue weighted by atomic mass is 10.0. The first-order valence-electron chi connectivity index (χ1n) is 5.17. The van der Waals surface area contributed by atoms with Crippen LogP contribution in [0.5, 0.6) is 0 Å². The number of nitrogens with zero attached hydrogens (tertiary/aromatic N) is 1. The zero-order valence-corrected chi connectivity index (χ0v) is 9.68. The summed E-state index contributed by atoms with van der Waals surface area (Å²) in [6.07, 6.45) is 1.40. The zero-order valence-electron chi connectivity index (χ0n) is 9.68. The highest BCUT2D eigenvalue weighted by Crippen LogP contribution is 2.13. The third kappa shape index (κ3) is 3.44. The number of pyridine rings is 1. The Morgan fingerprint density at radius 1 is 1.47 bits per heavy atom. The smallest absolute Gasteiger partial charge is 0.326 e. The van der Waals surface area contributed by atoms with E-state index in [4.69, 9.17) is 10.8 Å². The topological polar surface area (TPSA) is 105 Å². The van der Waals surface area contributed by atoms with Crippen molar-refractivity contribution in [3.8, 4) is 0 Å². The molecule has 1 amide bonds. The zero-order chi connectivity index (χ0) is 13.0. The van der Waals surface area contributed by atoms with Gasteiger partial charge in [-0.1, -0.05) is 13.8 Å². The molecule has 0 spiro atoms. The van der Waals surface area contributed by atoms with E-state index in [1.54, 1.807) is 19.9 Å². The molecule has 0 aliphatic carbocycles. The average Bonchev–Trinajstić information content (AvgIpc) is 2.25. The summed E-state index contributed by atoms with van der Waals surface area (Å²) >= 11 is 0. The van der Waals surface area contributed by atoms with Crippen molar-refractivity contribution in [3.63, 3.8) is 0 Å². The van der Waals surface area contributed by atoms with E-state index in [1.807, 2.05) is 0 Å². The normalized spacial score (nSPS) is 12.2. The Labute approximate surface area is 98.8 Å². The summed E-state index contributed by atoms with van der Waals surface area (Å²) in [6, 6.07) is 2.30. The number of carbonyl (C=O) groups is 2. The van der Waals surface area contributed by atoms with Crippen LogP contribution in [0.15, 0.2) is 18.3 Å². The summed E-state index contributed by atoms with van der Waals surface area (Å²) in [5.41, 5.74) is 5.70. The highest BCUT2D eigenvalue weighted by atomic mass is 16.4.